The smallest absolute Gasteiger partial charge is 0.303 e. The molecular formula is C11H13N3O4. The van der Waals surface area contributed by atoms with Crippen LogP contribution in [0.2, 0.25) is 0 Å². The maximum absolute atomic E-state index is 10.6. The number of carboxylic acids is 1. The number of aryl methyl sites for hydroxylation is 1. The third-order valence-corrected chi connectivity index (χ3v) is 2.98. The van der Waals surface area contributed by atoms with E-state index in [0.29, 0.717) is 24.6 Å². The normalized spacial score (nSPS) is 15.3. The fourth-order valence-corrected chi connectivity index (χ4v) is 2.04. The van der Waals surface area contributed by atoms with Crippen molar-refractivity contribution in [3.63, 3.8) is 0 Å². The molecule has 0 spiro atoms. The molecule has 96 valence electrons. The Bertz CT molecular complexity index is 497. The number of carboxylic acid groups (broad SMARTS) is 1. The Morgan fingerprint density at radius 3 is 2.78 bits per heavy atom. The Kier molecular flexibility index (Phi) is 3.14. The molecule has 0 unspecified atom stereocenters. The summed E-state index contributed by atoms with van der Waals surface area (Å²) in [5, 5.41) is 19.3. The molecular weight excluding hydrogens is 238 g/mol. The van der Waals surface area contributed by atoms with Crippen molar-refractivity contribution in [2.75, 3.05) is 18.0 Å². The number of aromatic nitrogens is 1. The second-order valence-corrected chi connectivity index (χ2v) is 4.40. The standard InChI is InChI=1S/C11H13N3O4/c1-7-9(14(17)18)2-3-10(12-7)13-5-8(6-13)4-11(15)16/h2-3,8H,4-6H2,1H3,(H,15,16). The van der Waals surface area contributed by atoms with E-state index in [4.69, 9.17) is 5.11 Å². The first kappa shape index (κ1) is 12.3. The first-order valence-corrected chi connectivity index (χ1v) is 5.56. The molecule has 0 aromatic carbocycles. The molecule has 1 aliphatic rings. The molecule has 0 amide bonds. The SMILES string of the molecule is Cc1nc(N2CC(CC(=O)O)C2)ccc1[N+](=O)[O-]. The van der Waals surface area contributed by atoms with Gasteiger partial charge in [-0.1, -0.05) is 0 Å². The number of hydrogen-bond donors (Lipinski definition) is 1. The van der Waals surface area contributed by atoms with E-state index in [0.717, 1.165) is 0 Å². The minimum atomic E-state index is -0.799. The molecule has 1 aromatic heterocycles. The van der Waals surface area contributed by atoms with E-state index in [9.17, 15) is 14.9 Å². The number of hydrogen-bond acceptors (Lipinski definition) is 5. The van der Waals surface area contributed by atoms with Crippen molar-refractivity contribution in [3.8, 4) is 0 Å². The lowest BCUT2D eigenvalue weighted by atomic mass is 9.96. The van der Waals surface area contributed by atoms with Crippen LogP contribution in [0, 0.1) is 23.0 Å². The lowest BCUT2D eigenvalue weighted by Crippen LogP contribution is -2.48. The number of nitro groups is 1. The zero-order chi connectivity index (χ0) is 13.3. The van der Waals surface area contributed by atoms with Gasteiger partial charge in [0.05, 0.1) is 11.3 Å². The second kappa shape index (κ2) is 4.59. The summed E-state index contributed by atoms with van der Waals surface area (Å²) in [7, 11) is 0. The van der Waals surface area contributed by atoms with E-state index in [1.54, 1.807) is 13.0 Å². The van der Waals surface area contributed by atoms with Crippen LogP contribution >= 0.6 is 0 Å². The van der Waals surface area contributed by atoms with E-state index in [1.807, 2.05) is 4.90 Å². The number of pyridine rings is 1. The predicted molar refractivity (Wildman–Crippen MR) is 63.6 cm³/mol. The number of rotatable bonds is 4. The Morgan fingerprint density at radius 2 is 2.28 bits per heavy atom. The highest BCUT2D eigenvalue weighted by Gasteiger charge is 2.30. The van der Waals surface area contributed by atoms with Crippen LogP contribution in [0.25, 0.3) is 0 Å². The highest BCUT2D eigenvalue weighted by molar-refractivity contribution is 5.67. The first-order valence-electron chi connectivity index (χ1n) is 5.56. The van der Waals surface area contributed by atoms with E-state index in [1.165, 1.54) is 6.07 Å². The summed E-state index contributed by atoms with van der Waals surface area (Å²) in [6.45, 7) is 2.86. The van der Waals surface area contributed by atoms with Gasteiger partial charge in [-0.3, -0.25) is 14.9 Å². The van der Waals surface area contributed by atoms with Gasteiger partial charge in [-0.05, 0) is 13.0 Å². The first-order chi connectivity index (χ1) is 8.47. The molecule has 7 nitrogen and oxygen atoms in total. The molecule has 18 heavy (non-hydrogen) atoms. The molecule has 1 saturated heterocycles. The Balaban J connectivity index is 2.02. The Hall–Kier alpha value is -2.18. The average Bonchev–Trinajstić information content (AvgIpc) is 2.21. The topological polar surface area (TPSA) is 96.6 Å². The summed E-state index contributed by atoms with van der Waals surface area (Å²) >= 11 is 0. The molecule has 1 fully saturated rings. The minimum absolute atomic E-state index is 0.00126. The fraction of sp³-hybridized carbons (Fsp3) is 0.455. The third-order valence-electron chi connectivity index (χ3n) is 2.98. The molecule has 0 bridgehead atoms. The molecule has 2 heterocycles. The zero-order valence-electron chi connectivity index (χ0n) is 9.87. The van der Waals surface area contributed by atoms with Gasteiger partial charge in [0.1, 0.15) is 11.5 Å². The lowest BCUT2D eigenvalue weighted by Gasteiger charge is -2.39. The van der Waals surface area contributed by atoms with Crippen molar-refractivity contribution in [1.29, 1.82) is 0 Å². The summed E-state index contributed by atoms with van der Waals surface area (Å²) in [5.41, 5.74) is 0.376. The van der Waals surface area contributed by atoms with Crippen molar-refractivity contribution in [2.24, 2.45) is 5.92 Å². The number of carbonyl (C=O) groups is 1. The van der Waals surface area contributed by atoms with Gasteiger partial charge in [0.15, 0.2) is 0 Å². The van der Waals surface area contributed by atoms with Gasteiger partial charge < -0.3 is 10.0 Å². The molecule has 1 aromatic rings. The maximum atomic E-state index is 10.6. The van der Waals surface area contributed by atoms with E-state index in [2.05, 4.69) is 4.98 Å². The van der Waals surface area contributed by atoms with Crippen molar-refractivity contribution in [1.82, 2.24) is 4.98 Å². The van der Waals surface area contributed by atoms with E-state index < -0.39 is 10.9 Å². The van der Waals surface area contributed by atoms with Crippen molar-refractivity contribution in [2.45, 2.75) is 13.3 Å². The predicted octanol–water partition coefficient (Wildman–Crippen LogP) is 1.21. The summed E-state index contributed by atoms with van der Waals surface area (Å²) in [6, 6.07) is 3.03. The van der Waals surface area contributed by atoms with Gasteiger partial charge in [0.2, 0.25) is 0 Å². The van der Waals surface area contributed by atoms with Crippen LogP contribution in [0.1, 0.15) is 12.1 Å². The molecule has 1 aliphatic heterocycles. The summed E-state index contributed by atoms with van der Waals surface area (Å²) in [5.74, 6) is 0.00651. The number of aliphatic carboxylic acids is 1. The summed E-state index contributed by atoms with van der Waals surface area (Å²) in [4.78, 5) is 26.8. The number of nitrogens with zero attached hydrogens (tertiary/aromatic N) is 3. The van der Waals surface area contributed by atoms with Crippen LogP contribution < -0.4 is 4.90 Å². The second-order valence-electron chi connectivity index (χ2n) is 4.40. The van der Waals surface area contributed by atoms with E-state index >= 15 is 0 Å². The van der Waals surface area contributed by atoms with Crippen LogP contribution in [0.4, 0.5) is 11.5 Å². The Labute approximate surface area is 103 Å². The van der Waals surface area contributed by atoms with Crippen LogP contribution in [-0.4, -0.2) is 34.1 Å². The minimum Gasteiger partial charge on any atom is -0.481 e. The van der Waals surface area contributed by atoms with Gasteiger partial charge in [0, 0.05) is 25.1 Å². The molecule has 2 rings (SSSR count). The largest absolute Gasteiger partial charge is 0.481 e. The van der Waals surface area contributed by atoms with Crippen LogP contribution in [0.15, 0.2) is 12.1 Å². The average molecular weight is 251 g/mol. The van der Waals surface area contributed by atoms with Crippen LogP contribution in [0.5, 0.6) is 0 Å². The highest BCUT2D eigenvalue weighted by atomic mass is 16.6. The third kappa shape index (κ3) is 2.39. The fourth-order valence-electron chi connectivity index (χ4n) is 2.04. The molecule has 1 N–H and O–H groups in total. The molecule has 7 heteroatoms. The molecule has 0 atom stereocenters. The molecule has 0 aliphatic carbocycles. The van der Waals surface area contributed by atoms with Gasteiger partial charge in [-0.2, -0.15) is 0 Å². The van der Waals surface area contributed by atoms with Crippen LogP contribution in [-0.2, 0) is 4.79 Å². The number of anilines is 1. The van der Waals surface area contributed by atoms with Crippen molar-refractivity contribution in [3.05, 3.63) is 27.9 Å². The van der Waals surface area contributed by atoms with E-state index in [-0.39, 0.29) is 18.0 Å². The summed E-state index contributed by atoms with van der Waals surface area (Å²) < 4.78 is 0. The zero-order valence-corrected chi connectivity index (χ0v) is 9.87. The highest BCUT2D eigenvalue weighted by Crippen LogP contribution is 2.27. The summed E-state index contributed by atoms with van der Waals surface area (Å²) in [6.07, 6.45) is 0.155. The van der Waals surface area contributed by atoms with Gasteiger partial charge in [0.25, 0.3) is 5.69 Å². The lowest BCUT2D eigenvalue weighted by molar-refractivity contribution is -0.385. The monoisotopic (exact) mass is 251 g/mol. The molecule has 0 radical (unpaired) electrons. The van der Waals surface area contributed by atoms with Crippen molar-refractivity contribution < 1.29 is 14.8 Å². The van der Waals surface area contributed by atoms with Gasteiger partial charge >= 0.3 is 5.97 Å². The quantitative estimate of drug-likeness (QED) is 0.638. The molecule has 0 saturated carbocycles. The van der Waals surface area contributed by atoms with Crippen molar-refractivity contribution >= 4 is 17.5 Å². The Morgan fingerprint density at radius 1 is 1.61 bits per heavy atom. The van der Waals surface area contributed by atoms with Gasteiger partial charge in [-0.15, -0.1) is 0 Å². The maximum Gasteiger partial charge on any atom is 0.303 e. The van der Waals surface area contributed by atoms with Crippen LogP contribution in [0.3, 0.4) is 0 Å². The van der Waals surface area contributed by atoms with Gasteiger partial charge in [-0.25, -0.2) is 4.98 Å².